The van der Waals surface area contributed by atoms with Crippen LogP contribution >= 0.6 is 0 Å². The van der Waals surface area contributed by atoms with Gasteiger partial charge in [-0.05, 0) is 12.5 Å². The number of hydrogen-bond donors (Lipinski definition) is 2. The molecule has 1 atom stereocenters. The maximum absolute atomic E-state index is 11.9. The third-order valence-corrected chi connectivity index (χ3v) is 2.61. The van der Waals surface area contributed by atoms with Crippen LogP contribution in [0, 0.1) is 5.41 Å². The van der Waals surface area contributed by atoms with Crippen molar-refractivity contribution in [2.24, 2.45) is 5.41 Å². The fraction of sp³-hybridized carbons (Fsp3) is 0.909. The van der Waals surface area contributed by atoms with Gasteiger partial charge in [-0.15, -0.1) is 0 Å². The molecule has 1 heterocycles. The third-order valence-electron chi connectivity index (χ3n) is 2.61. The van der Waals surface area contributed by atoms with Gasteiger partial charge < -0.3 is 10.6 Å². The van der Waals surface area contributed by atoms with Gasteiger partial charge in [0.25, 0.3) is 0 Å². The van der Waals surface area contributed by atoms with Crippen LogP contribution in [-0.2, 0) is 4.79 Å². The van der Waals surface area contributed by atoms with E-state index in [1.165, 1.54) is 0 Å². The molecular formula is C11H23N3O. The number of nitrogens with one attached hydrogen (secondary N) is 2. The zero-order valence-corrected chi connectivity index (χ0v) is 10.3. The van der Waals surface area contributed by atoms with Crippen molar-refractivity contribution in [3.63, 3.8) is 0 Å². The molecule has 1 fully saturated rings. The van der Waals surface area contributed by atoms with Gasteiger partial charge in [0.15, 0.2) is 0 Å². The zero-order chi connectivity index (χ0) is 11.5. The van der Waals surface area contributed by atoms with Crippen LogP contribution in [-0.4, -0.2) is 50.1 Å². The number of likely N-dealkylation sites (N-methyl/N-ethyl adjacent to an activating group) is 1. The number of hydrogen-bond acceptors (Lipinski definition) is 3. The molecule has 1 aliphatic heterocycles. The second-order valence-electron chi connectivity index (χ2n) is 5.48. The highest BCUT2D eigenvalue weighted by Crippen LogP contribution is 2.10. The monoisotopic (exact) mass is 213 g/mol. The molecule has 2 N–H and O–H groups in total. The van der Waals surface area contributed by atoms with Crippen LogP contribution in [0.25, 0.3) is 0 Å². The normalized spacial score (nSPS) is 23.9. The first kappa shape index (κ1) is 12.5. The highest BCUT2D eigenvalue weighted by Gasteiger charge is 2.26. The SMILES string of the molecule is CN1CCNCC1C(=O)NCC(C)(C)C. The molecule has 0 radical (unpaired) electrons. The van der Waals surface area contributed by atoms with Crippen molar-refractivity contribution in [3.8, 4) is 0 Å². The maximum Gasteiger partial charge on any atom is 0.238 e. The van der Waals surface area contributed by atoms with Crippen molar-refractivity contribution in [2.45, 2.75) is 26.8 Å². The van der Waals surface area contributed by atoms with Gasteiger partial charge in [-0.1, -0.05) is 20.8 Å². The quantitative estimate of drug-likeness (QED) is 0.681. The van der Waals surface area contributed by atoms with E-state index < -0.39 is 0 Å². The molecule has 0 aromatic heterocycles. The van der Waals surface area contributed by atoms with Gasteiger partial charge >= 0.3 is 0 Å². The van der Waals surface area contributed by atoms with E-state index in [2.05, 4.69) is 36.3 Å². The minimum atomic E-state index is -0.0129. The molecule has 0 aromatic rings. The molecule has 88 valence electrons. The molecule has 1 amide bonds. The lowest BCUT2D eigenvalue weighted by Crippen LogP contribution is -2.56. The first-order valence-electron chi connectivity index (χ1n) is 5.59. The van der Waals surface area contributed by atoms with Crippen LogP contribution in [0.5, 0.6) is 0 Å². The molecule has 0 spiro atoms. The van der Waals surface area contributed by atoms with E-state index in [1.807, 2.05) is 7.05 Å². The molecule has 4 nitrogen and oxygen atoms in total. The number of amides is 1. The van der Waals surface area contributed by atoms with Crippen LogP contribution in [0.2, 0.25) is 0 Å². The smallest absolute Gasteiger partial charge is 0.238 e. The Morgan fingerprint density at radius 3 is 2.73 bits per heavy atom. The van der Waals surface area contributed by atoms with Gasteiger partial charge in [0, 0.05) is 26.2 Å². The summed E-state index contributed by atoms with van der Waals surface area (Å²) in [7, 11) is 2.00. The fourth-order valence-corrected chi connectivity index (χ4v) is 1.57. The lowest BCUT2D eigenvalue weighted by atomic mass is 9.97. The predicted octanol–water partition coefficient (Wildman–Crippen LogP) is 0.0523. The minimum Gasteiger partial charge on any atom is -0.354 e. The topological polar surface area (TPSA) is 44.4 Å². The van der Waals surface area contributed by atoms with Crippen molar-refractivity contribution in [2.75, 3.05) is 33.2 Å². The summed E-state index contributed by atoms with van der Waals surface area (Å²) in [5.74, 6) is 0.139. The van der Waals surface area contributed by atoms with Crippen molar-refractivity contribution >= 4 is 5.91 Å². The Balaban J connectivity index is 2.39. The standard InChI is InChI=1S/C11H23N3O/c1-11(2,3)8-13-10(15)9-7-12-5-6-14(9)4/h9,12H,5-8H2,1-4H3,(H,13,15). The Morgan fingerprint density at radius 2 is 2.20 bits per heavy atom. The van der Waals surface area contributed by atoms with Crippen molar-refractivity contribution < 1.29 is 4.79 Å². The number of rotatable bonds is 2. The third kappa shape index (κ3) is 4.18. The van der Waals surface area contributed by atoms with Gasteiger partial charge in [0.1, 0.15) is 6.04 Å². The molecule has 15 heavy (non-hydrogen) atoms. The van der Waals surface area contributed by atoms with Gasteiger partial charge in [0.2, 0.25) is 5.91 Å². The Hall–Kier alpha value is -0.610. The summed E-state index contributed by atoms with van der Waals surface area (Å²) in [6, 6.07) is -0.0129. The molecule has 0 saturated carbocycles. The number of carbonyl (C=O) groups is 1. The second kappa shape index (κ2) is 4.94. The average molecular weight is 213 g/mol. The van der Waals surface area contributed by atoms with Crippen molar-refractivity contribution in [3.05, 3.63) is 0 Å². The summed E-state index contributed by atoms with van der Waals surface area (Å²) in [6.45, 7) is 9.76. The molecule has 4 heteroatoms. The largest absolute Gasteiger partial charge is 0.354 e. The molecule has 1 saturated heterocycles. The summed E-state index contributed by atoms with van der Waals surface area (Å²) in [4.78, 5) is 14.0. The first-order chi connectivity index (χ1) is 6.90. The highest BCUT2D eigenvalue weighted by atomic mass is 16.2. The Morgan fingerprint density at radius 1 is 1.53 bits per heavy atom. The fourth-order valence-electron chi connectivity index (χ4n) is 1.57. The molecule has 0 bridgehead atoms. The molecule has 1 unspecified atom stereocenters. The van der Waals surface area contributed by atoms with E-state index in [0.717, 1.165) is 26.2 Å². The summed E-state index contributed by atoms with van der Waals surface area (Å²) in [6.07, 6.45) is 0. The Bertz CT molecular complexity index is 222. The van der Waals surface area contributed by atoms with E-state index in [4.69, 9.17) is 0 Å². The summed E-state index contributed by atoms with van der Waals surface area (Å²) >= 11 is 0. The number of carbonyl (C=O) groups excluding carboxylic acids is 1. The van der Waals surface area contributed by atoms with E-state index in [-0.39, 0.29) is 17.4 Å². The first-order valence-corrected chi connectivity index (χ1v) is 5.59. The molecular weight excluding hydrogens is 190 g/mol. The van der Waals surface area contributed by atoms with Crippen LogP contribution in [0.1, 0.15) is 20.8 Å². The lowest BCUT2D eigenvalue weighted by Gasteiger charge is -2.32. The van der Waals surface area contributed by atoms with Crippen LogP contribution in [0.4, 0.5) is 0 Å². The van der Waals surface area contributed by atoms with E-state index >= 15 is 0 Å². The number of nitrogens with zero attached hydrogens (tertiary/aromatic N) is 1. The molecule has 1 rings (SSSR count). The zero-order valence-electron chi connectivity index (χ0n) is 10.3. The van der Waals surface area contributed by atoms with E-state index in [9.17, 15) is 4.79 Å². The highest BCUT2D eigenvalue weighted by molar-refractivity contribution is 5.82. The molecule has 1 aliphatic rings. The Kier molecular flexibility index (Phi) is 4.11. The lowest BCUT2D eigenvalue weighted by molar-refractivity contribution is -0.126. The molecule has 0 aliphatic carbocycles. The summed E-state index contributed by atoms with van der Waals surface area (Å²) in [5, 5.41) is 6.24. The Labute approximate surface area is 92.4 Å². The van der Waals surface area contributed by atoms with Gasteiger partial charge in [0.05, 0.1) is 0 Å². The van der Waals surface area contributed by atoms with Gasteiger partial charge in [-0.3, -0.25) is 9.69 Å². The van der Waals surface area contributed by atoms with E-state index in [0.29, 0.717) is 0 Å². The summed E-state index contributed by atoms with van der Waals surface area (Å²) in [5.41, 5.74) is 0.149. The van der Waals surface area contributed by atoms with Crippen molar-refractivity contribution in [1.82, 2.24) is 15.5 Å². The van der Waals surface area contributed by atoms with Gasteiger partial charge in [-0.25, -0.2) is 0 Å². The predicted molar refractivity (Wildman–Crippen MR) is 61.8 cm³/mol. The van der Waals surface area contributed by atoms with Crippen LogP contribution in [0.15, 0.2) is 0 Å². The average Bonchev–Trinajstić information content (AvgIpc) is 2.14. The molecule has 0 aromatic carbocycles. The summed E-state index contributed by atoms with van der Waals surface area (Å²) < 4.78 is 0. The minimum absolute atomic E-state index is 0.0129. The number of piperazine rings is 1. The second-order valence-corrected chi connectivity index (χ2v) is 5.48. The van der Waals surface area contributed by atoms with Gasteiger partial charge in [-0.2, -0.15) is 0 Å². The van der Waals surface area contributed by atoms with E-state index in [1.54, 1.807) is 0 Å². The van der Waals surface area contributed by atoms with Crippen LogP contribution < -0.4 is 10.6 Å². The van der Waals surface area contributed by atoms with Crippen LogP contribution in [0.3, 0.4) is 0 Å². The van der Waals surface area contributed by atoms with Crippen molar-refractivity contribution in [1.29, 1.82) is 0 Å². The maximum atomic E-state index is 11.9.